The molecule has 60 valence electrons. The van der Waals surface area contributed by atoms with Crippen LogP contribution in [0.5, 0.6) is 0 Å². The molecule has 0 spiro atoms. The van der Waals surface area contributed by atoms with Crippen molar-refractivity contribution in [1.82, 2.24) is 0 Å². The molecule has 1 aliphatic carbocycles. The average Bonchev–Trinajstić information content (AvgIpc) is 1.89. The Morgan fingerprint density at radius 3 is 2.30 bits per heavy atom. The van der Waals surface area contributed by atoms with E-state index >= 15 is 0 Å². The van der Waals surface area contributed by atoms with Crippen molar-refractivity contribution in [2.45, 2.75) is 57.5 Å². The summed E-state index contributed by atoms with van der Waals surface area (Å²) in [6.07, 6.45) is 6.88. The van der Waals surface area contributed by atoms with Gasteiger partial charge < -0.3 is 0 Å². The van der Waals surface area contributed by atoms with Crippen LogP contribution in [0.15, 0.2) is 0 Å². The standard InChI is InChI=1S/C9H17F/c1-2-6-9(10)7-4-3-5-8-9/h2-8H2,1H3. The average molecular weight is 144 g/mol. The molecule has 0 unspecified atom stereocenters. The van der Waals surface area contributed by atoms with Gasteiger partial charge >= 0.3 is 0 Å². The quantitative estimate of drug-likeness (QED) is 0.556. The minimum Gasteiger partial charge on any atom is -0.244 e. The number of rotatable bonds is 2. The Morgan fingerprint density at radius 2 is 1.80 bits per heavy atom. The first-order valence-electron chi connectivity index (χ1n) is 4.46. The van der Waals surface area contributed by atoms with Crippen LogP contribution in [-0.2, 0) is 0 Å². The van der Waals surface area contributed by atoms with E-state index in [4.69, 9.17) is 0 Å². The van der Waals surface area contributed by atoms with E-state index < -0.39 is 5.67 Å². The molecule has 0 aromatic heterocycles. The second kappa shape index (κ2) is 3.36. The summed E-state index contributed by atoms with van der Waals surface area (Å²) >= 11 is 0. The molecule has 0 aromatic carbocycles. The molecule has 0 atom stereocenters. The van der Waals surface area contributed by atoms with Crippen LogP contribution in [0.2, 0.25) is 0 Å². The Balaban J connectivity index is 2.32. The van der Waals surface area contributed by atoms with Gasteiger partial charge in [-0.3, -0.25) is 0 Å². The molecule has 1 rings (SSSR count). The molecular weight excluding hydrogens is 127 g/mol. The smallest absolute Gasteiger partial charge is 0.111 e. The highest BCUT2D eigenvalue weighted by Gasteiger charge is 2.29. The van der Waals surface area contributed by atoms with Gasteiger partial charge in [-0.25, -0.2) is 4.39 Å². The van der Waals surface area contributed by atoms with Gasteiger partial charge in [0.15, 0.2) is 0 Å². The maximum absolute atomic E-state index is 13.6. The third kappa shape index (κ3) is 1.96. The van der Waals surface area contributed by atoms with Gasteiger partial charge in [-0.1, -0.05) is 32.6 Å². The lowest BCUT2D eigenvalue weighted by atomic mass is 9.83. The van der Waals surface area contributed by atoms with Gasteiger partial charge in [-0.05, 0) is 19.3 Å². The van der Waals surface area contributed by atoms with E-state index in [0.29, 0.717) is 0 Å². The summed E-state index contributed by atoms with van der Waals surface area (Å²) < 4.78 is 13.6. The first-order chi connectivity index (χ1) is 4.77. The molecule has 0 nitrogen and oxygen atoms in total. The minimum atomic E-state index is -0.771. The Bertz CT molecular complexity index is 87.4. The van der Waals surface area contributed by atoms with Crippen LogP contribution >= 0.6 is 0 Å². The third-order valence-electron chi connectivity index (χ3n) is 2.45. The van der Waals surface area contributed by atoms with E-state index in [2.05, 4.69) is 6.92 Å². The lowest BCUT2D eigenvalue weighted by Crippen LogP contribution is -2.25. The minimum absolute atomic E-state index is 0.771. The van der Waals surface area contributed by atoms with Gasteiger partial charge in [0.25, 0.3) is 0 Å². The van der Waals surface area contributed by atoms with Gasteiger partial charge in [-0.2, -0.15) is 0 Å². The zero-order chi connectivity index (χ0) is 7.45. The molecule has 0 aromatic rings. The van der Waals surface area contributed by atoms with Crippen molar-refractivity contribution in [2.75, 3.05) is 0 Å². The second-order valence-corrected chi connectivity index (χ2v) is 3.46. The molecule has 0 saturated heterocycles. The van der Waals surface area contributed by atoms with Crippen LogP contribution < -0.4 is 0 Å². The highest BCUT2D eigenvalue weighted by molar-refractivity contribution is 4.81. The molecule has 1 heteroatoms. The summed E-state index contributed by atoms with van der Waals surface area (Å²) in [5, 5.41) is 0. The molecule has 0 heterocycles. The predicted octanol–water partition coefficient (Wildman–Crippen LogP) is 3.46. The predicted molar refractivity (Wildman–Crippen MR) is 41.8 cm³/mol. The first kappa shape index (κ1) is 8.03. The number of alkyl halides is 1. The largest absolute Gasteiger partial charge is 0.244 e. The summed E-state index contributed by atoms with van der Waals surface area (Å²) in [5.41, 5.74) is -0.771. The number of halogens is 1. The van der Waals surface area contributed by atoms with Crippen LogP contribution in [0.4, 0.5) is 4.39 Å². The summed E-state index contributed by atoms with van der Waals surface area (Å²) in [6, 6.07) is 0. The Hall–Kier alpha value is -0.0700. The van der Waals surface area contributed by atoms with Crippen LogP contribution in [0.3, 0.4) is 0 Å². The fraction of sp³-hybridized carbons (Fsp3) is 1.00. The highest BCUT2D eigenvalue weighted by atomic mass is 19.1. The molecule has 0 N–H and O–H groups in total. The summed E-state index contributed by atoms with van der Waals surface area (Å²) in [6.45, 7) is 2.07. The van der Waals surface area contributed by atoms with E-state index in [0.717, 1.165) is 38.5 Å². The SMILES string of the molecule is CCCC1(F)CCCCC1. The Labute approximate surface area is 62.8 Å². The second-order valence-electron chi connectivity index (χ2n) is 3.46. The van der Waals surface area contributed by atoms with E-state index in [1.165, 1.54) is 6.42 Å². The fourth-order valence-corrected chi connectivity index (χ4v) is 1.88. The number of hydrogen-bond donors (Lipinski definition) is 0. The van der Waals surface area contributed by atoms with Crippen molar-refractivity contribution >= 4 is 0 Å². The van der Waals surface area contributed by atoms with Crippen LogP contribution in [0.1, 0.15) is 51.9 Å². The van der Waals surface area contributed by atoms with Crippen molar-refractivity contribution < 1.29 is 4.39 Å². The van der Waals surface area contributed by atoms with Crippen LogP contribution in [0, 0.1) is 0 Å². The first-order valence-corrected chi connectivity index (χ1v) is 4.46. The van der Waals surface area contributed by atoms with Crippen LogP contribution in [0.25, 0.3) is 0 Å². The molecule has 0 bridgehead atoms. The maximum Gasteiger partial charge on any atom is 0.111 e. The van der Waals surface area contributed by atoms with Gasteiger partial charge in [0.05, 0.1) is 0 Å². The van der Waals surface area contributed by atoms with Gasteiger partial charge in [0.1, 0.15) is 5.67 Å². The van der Waals surface area contributed by atoms with Gasteiger partial charge in [0, 0.05) is 0 Å². The monoisotopic (exact) mass is 144 g/mol. The molecule has 1 fully saturated rings. The van der Waals surface area contributed by atoms with Gasteiger partial charge in [0.2, 0.25) is 0 Å². The molecular formula is C9H17F. The molecule has 0 radical (unpaired) electrons. The van der Waals surface area contributed by atoms with E-state index in [9.17, 15) is 4.39 Å². The molecule has 10 heavy (non-hydrogen) atoms. The highest BCUT2D eigenvalue weighted by Crippen LogP contribution is 2.35. The third-order valence-corrected chi connectivity index (χ3v) is 2.45. The summed E-state index contributed by atoms with van der Waals surface area (Å²) in [4.78, 5) is 0. The van der Waals surface area contributed by atoms with Gasteiger partial charge in [-0.15, -0.1) is 0 Å². The zero-order valence-corrected chi connectivity index (χ0v) is 6.83. The zero-order valence-electron chi connectivity index (χ0n) is 6.83. The summed E-state index contributed by atoms with van der Waals surface area (Å²) in [7, 11) is 0. The molecule has 1 saturated carbocycles. The Kier molecular flexibility index (Phi) is 2.70. The fourth-order valence-electron chi connectivity index (χ4n) is 1.88. The van der Waals surface area contributed by atoms with Crippen molar-refractivity contribution in [3.63, 3.8) is 0 Å². The summed E-state index contributed by atoms with van der Waals surface area (Å²) in [5.74, 6) is 0. The van der Waals surface area contributed by atoms with Crippen molar-refractivity contribution in [3.8, 4) is 0 Å². The Morgan fingerprint density at radius 1 is 1.20 bits per heavy atom. The normalized spacial score (nSPS) is 24.6. The van der Waals surface area contributed by atoms with Crippen molar-refractivity contribution in [2.24, 2.45) is 0 Å². The topological polar surface area (TPSA) is 0 Å². The van der Waals surface area contributed by atoms with Crippen molar-refractivity contribution in [3.05, 3.63) is 0 Å². The van der Waals surface area contributed by atoms with E-state index in [1.54, 1.807) is 0 Å². The molecule has 0 aliphatic heterocycles. The lowest BCUT2D eigenvalue weighted by molar-refractivity contribution is 0.0955. The van der Waals surface area contributed by atoms with E-state index in [-0.39, 0.29) is 0 Å². The van der Waals surface area contributed by atoms with Crippen molar-refractivity contribution in [1.29, 1.82) is 0 Å². The van der Waals surface area contributed by atoms with Crippen LogP contribution in [-0.4, -0.2) is 5.67 Å². The molecule has 0 amide bonds. The lowest BCUT2D eigenvalue weighted by Gasteiger charge is -2.28. The number of hydrogen-bond acceptors (Lipinski definition) is 0. The molecule has 1 aliphatic rings. The van der Waals surface area contributed by atoms with E-state index in [1.807, 2.05) is 0 Å². The maximum atomic E-state index is 13.6.